The molecular weight excluding hydrogens is 913 g/mol. The van der Waals surface area contributed by atoms with Gasteiger partial charge in [-0.25, -0.2) is 0 Å². The number of carbonyl (C=O) groups excluding carboxylic acids is 3. The highest BCUT2D eigenvalue weighted by Gasteiger charge is 2.19. The molecule has 0 saturated heterocycles. The largest absolute Gasteiger partial charge is 0.462 e. The van der Waals surface area contributed by atoms with Crippen molar-refractivity contribution in [2.45, 2.75) is 264 Å². The summed E-state index contributed by atoms with van der Waals surface area (Å²) in [5.74, 6) is -0.980. The maximum absolute atomic E-state index is 12.8. The van der Waals surface area contributed by atoms with Crippen LogP contribution in [0, 0.1) is 0 Å². The highest BCUT2D eigenvalue weighted by molar-refractivity contribution is 5.71. The molecule has 74 heavy (non-hydrogen) atoms. The first-order valence-electron chi connectivity index (χ1n) is 30.2. The fourth-order valence-corrected chi connectivity index (χ4v) is 7.89. The van der Waals surface area contributed by atoms with Crippen LogP contribution < -0.4 is 0 Å². The van der Waals surface area contributed by atoms with Crippen molar-refractivity contribution >= 4 is 17.9 Å². The molecule has 1 atom stereocenters. The lowest BCUT2D eigenvalue weighted by Crippen LogP contribution is -2.30. The van der Waals surface area contributed by atoms with Crippen LogP contribution in [-0.2, 0) is 28.6 Å². The van der Waals surface area contributed by atoms with Crippen molar-refractivity contribution in [2.24, 2.45) is 0 Å². The molecule has 0 bridgehead atoms. The first kappa shape index (κ1) is 69.5. The van der Waals surface area contributed by atoms with E-state index in [1.807, 2.05) is 0 Å². The topological polar surface area (TPSA) is 78.9 Å². The SMILES string of the molecule is CC/C=C\C/C=C\C/C=C\C/C=C\C/C=C\C/C=C\C/C=C\C/C=C\C/C=C\CCCC(=O)OCC(COC(=O)CCCCCCCC)OC(=O)CCCCCCCCCCC/C=C\C/C=C\CCCCCCC. The van der Waals surface area contributed by atoms with Gasteiger partial charge in [-0.2, -0.15) is 0 Å². The highest BCUT2D eigenvalue weighted by Crippen LogP contribution is 2.14. The first-order valence-corrected chi connectivity index (χ1v) is 30.2. The molecule has 0 N–H and O–H groups in total. The standard InChI is InChI=1S/C68H110O6/c1-4-7-10-13-16-18-20-22-24-26-28-30-31-32-33-34-35-36-37-39-40-42-44-46-48-50-52-55-58-61-67(70)73-64-65(63-72-66(69)60-57-54-15-12-9-6-3)74-68(71)62-59-56-53-51-49-47-45-43-41-38-29-27-25-23-21-19-17-14-11-8-5-2/h7,10,16,18,21-24,27-30,32-33,35-36,39-40,44,46,50,52,65H,4-6,8-9,11-15,17,19-20,25-26,31,34,37-38,41-43,45,47-49,51,53-64H2,1-3H3/b10-7-,18-16-,23-21-,24-22-,29-27-,30-28-,33-32-,36-35-,40-39-,46-44-,52-50-. The number of hydrogen-bond acceptors (Lipinski definition) is 6. The first-order chi connectivity index (χ1) is 36.5. The predicted molar refractivity (Wildman–Crippen MR) is 320 cm³/mol. The van der Waals surface area contributed by atoms with Crippen LogP contribution in [0.25, 0.3) is 0 Å². The van der Waals surface area contributed by atoms with Crippen molar-refractivity contribution in [1.29, 1.82) is 0 Å². The lowest BCUT2D eigenvalue weighted by molar-refractivity contribution is -0.167. The molecule has 0 aromatic heterocycles. The summed E-state index contributed by atoms with van der Waals surface area (Å²) < 4.78 is 16.7. The summed E-state index contributed by atoms with van der Waals surface area (Å²) in [5.41, 5.74) is 0. The second-order valence-corrected chi connectivity index (χ2v) is 19.5. The lowest BCUT2D eigenvalue weighted by Gasteiger charge is -2.18. The second kappa shape index (κ2) is 61.1. The van der Waals surface area contributed by atoms with Gasteiger partial charge in [0.25, 0.3) is 0 Å². The van der Waals surface area contributed by atoms with Gasteiger partial charge in [0.05, 0.1) is 0 Å². The summed E-state index contributed by atoms with van der Waals surface area (Å²) >= 11 is 0. The molecule has 0 aliphatic carbocycles. The Kier molecular flexibility index (Phi) is 57.4. The van der Waals surface area contributed by atoms with E-state index in [-0.39, 0.29) is 37.5 Å². The summed E-state index contributed by atoms with van der Waals surface area (Å²) in [5, 5.41) is 0. The summed E-state index contributed by atoms with van der Waals surface area (Å²) in [6, 6.07) is 0. The van der Waals surface area contributed by atoms with E-state index in [2.05, 4.69) is 154 Å². The molecule has 418 valence electrons. The predicted octanol–water partition coefficient (Wildman–Crippen LogP) is 20.6. The molecule has 0 aromatic carbocycles. The van der Waals surface area contributed by atoms with Crippen molar-refractivity contribution in [3.8, 4) is 0 Å². The third-order valence-electron chi connectivity index (χ3n) is 12.4. The smallest absolute Gasteiger partial charge is 0.306 e. The third-order valence-corrected chi connectivity index (χ3v) is 12.4. The normalized spacial score (nSPS) is 13.1. The fraction of sp³-hybridized carbons (Fsp3) is 0.632. The highest BCUT2D eigenvalue weighted by atomic mass is 16.6. The average Bonchev–Trinajstić information content (AvgIpc) is 3.40. The van der Waals surface area contributed by atoms with E-state index in [4.69, 9.17) is 14.2 Å². The lowest BCUT2D eigenvalue weighted by atomic mass is 10.1. The molecule has 0 radical (unpaired) electrons. The Bertz CT molecular complexity index is 1600. The summed E-state index contributed by atoms with van der Waals surface area (Å²) in [7, 11) is 0. The molecule has 0 fully saturated rings. The Morgan fingerprint density at radius 2 is 0.541 bits per heavy atom. The minimum absolute atomic E-state index is 0.101. The van der Waals surface area contributed by atoms with E-state index in [0.29, 0.717) is 19.3 Å². The third kappa shape index (κ3) is 58.4. The maximum atomic E-state index is 12.8. The summed E-state index contributed by atoms with van der Waals surface area (Å²) in [4.78, 5) is 37.9. The van der Waals surface area contributed by atoms with E-state index in [9.17, 15) is 14.4 Å². The average molecular weight is 1020 g/mol. The van der Waals surface area contributed by atoms with E-state index in [0.717, 1.165) is 109 Å². The molecule has 6 heteroatoms. The van der Waals surface area contributed by atoms with Gasteiger partial charge in [0.15, 0.2) is 6.10 Å². The van der Waals surface area contributed by atoms with Gasteiger partial charge in [-0.3, -0.25) is 14.4 Å². The van der Waals surface area contributed by atoms with Gasteiger partial charge < -0.3 is 14.2 Å². The second-order valence-electron chi connectivity index (χ2n) is 19.5. The molecular formula is C68H110O6. The zero-order valence-corrected chi connectivity index (χ0v) is 47.8. The Hall–Kier alpha value is -4.45. The van der Waals surface area contributed by atoms with Gasteiger partial charge in [0, 0.05) is 19.3 Å². The molecule has 0 aromatic rings. The van der Waals surface area contributed by atoms with Crippen molar-refractivity contribution in [1.82, 2.24) is 0 Å². The molecule has 0 aliphatic rings. The number of esters is 3. The van der Waals surface area contributed by atoms with E-state index in [1.165, 1.54) is 103 Å². The molecule has 1 unspecified atom stereocenters. The fourth-order valence-electron chi connectivity index (χ4n) is 7.89. The van der Waals surface area contributed by atoms with Gasteiger partial charge in [-0.05, 0) is 116 Å². The van der Waals surface area contributed by atoms with Crippen LogP contribution in [0.4, 0.5) is 0 Å². The van der Waals surface area contributed by atoms with Crippen LogP contribution in [0.3, 0.4) is 0 Å². The Morgan fingerprint density at radius 1 is 0.284 bits per heavy atom. The van der Waals surface area contributed by atoms with Gasteiger partial charge in [0.2, 0.25) is 0 Å². The van der Waals surface area contributed by atoms with Gasteiger partial charge in [-0.15, -0.1) is 0 Å². The van der Waals surface area contributed by atoms with E-state index < -0.39 is 6.10 Å². The molecule has 0 rings (SSSR count). The number of carbonyl (C=O) groups is 3. The Labute approximate surface area is 455 Å². The van der Waals surface area contributed by atoms with Crippen molar-refractivity contribution < 1.29 is 28.6 Å². The molecule has 0 amide bonds. The van der Waals surface area contributed by atoms with Crippen molar-refractivity contribution in [2.75, 3.05) is 13.2 Å². The van der Waals surface area contributed by atoms with Gasteiger partial charge in [0.1, 0.15) is 13.2 Å². The van der Waals surface area contributed by atoms with Crippen LogP contribution in [-0.4, -0.2) is 37.2 Å². The van der Waals surface area contributed by atoms with Crippen LogP contribution in [0.5, 0.6) is 0 Å². The van der Waals surface area contributed by atoms with Crippen LogP contribution >= 0.6 is 0 Å². The van der Waals surface area contributed by atoms with Gasteiger partial charge >= 0.3 is 17.9 Å². The van der Waals surface area contributed by atoms with Gasteiger partial charge in [-0.1, -0.05) is 257 Å². The van der Waals surface area contributed by atoms with Crippen LogP contribution in [0.2, 0.25) is 0 Å². The zero-order chi connectivity index (χ0) is 53.6. The van der Waals surface area contributed by atoms with Crippen molar-refractivity contribution in [3.05, 3.63) is 134 Å². The quantitative estimate of drug-likeness (QED) is 0.0261. The minimum atomic E-state index is -0.805. The van der Waals surface area contributed by atoms with Crippen molar-refractivity contribution in [3.63, 3.8) is 0 Å². The van der Waals surface area contributed by atoms with E-state index in [1.54, 1.807) is 0 Å². The van der Waals surface area contributed by atoms with Crippen LogP contribution in [0.15, 0.2) is 134 Å². The molecule has 0 saturated carbocycles. The Balaban J connectivity index is 4.27. The summed E-state index contributed by atoms with van der Waals surface area (Å²) in [6.45, 7) is 6.40. The number of hydrogen-bond donors (Lipinski definition) is 0. The summed E-state index contributed by atoms with van der Waals surface area (Å²) in [6.07, 6.45) is 86.3. The minimum Gasteiger partial charge on any atom is -0.462 e. The number of ether oxygens (including phenoxy) is 3. The van der Waals surface area contributed by atoms with E-state index >= 15 is 0 Å². The monoisotopic (exact) mass is 1020 g/mol. The molecule has 0 heterocycles. The number of rotatable bonds is 53. The number of unbranched alkanes of at least 4 members (excludes halogenated alkanes) is 20. The molecule has 0 aliphatic heterocycles. The maximum Gasteiger partial charge on any atom is 0.306 e. The van der Waals surface area contributed by atoms with Crippen LogP contribution in [0.1, 0.15) is 258 Å². The molecule has 0 spiro atoms. The Morgan fingerprint density at radius 3 is 0.878 bits per heavy atom. The molecule has 6 nitrogen and oxygen atoms in total. The zero-order valence-electron chi connectivity index (χ0n) is 47.8. The number of allylic oxidation sites excluding steroid dienone is 22.